The zero-order valence-corrected chi connectivity index (χ0v) is 15.0. The van der Waals surface area contributed by atoms with Gasteiger partial charge in [0.15, 0.2) is 0 Å². The lowest BCUT2D eigenvalue weighted by molar-refractivity contribution is -0.00444. The summed E-state index contributed by atoms with van der Waals surface area (Å²) < 4.78 is 5.40. The highest BCUT2D eigenvalue weighted by atomic mass is 16.6. The molecule has 1 N–H and O–H groups in total. The van der Waals surface area contributed by atoms with Crippen LogP contribution in [0.3, 0.4) is 0 Å². The van der Waals surface area contributed by atoms with Crippen molar-refractivity contribution in [3.05, 3.63) is 35.9 Å². The fourth-order valence-electron chi connectivity index (χ4n) is 2.77. The summed E-state index contributed by atoms with van der Waals surface area (Å²) in [6.07, 6.45) is 1.15. The second-order valence-corrected chi connectivity index (χ2v) is 7.51. The van der Waals surface area contributed by atoms with Crippen LogP contribution in [0.5, 0.6) is 0 Å². The molecule has 24 heavy (non-hydrogen) atoms. The second-order valence-electron chi connectivity index (χ2n) is 7.51. The smallest absolute Gasteiger partial charge is 0.410 e. The largest absolute Gasteiger partial charge is 0.444 e. The highest BCUT2D eigenvalue weighted by molar-refractivity contribution is 5.68. The lowest BCUT2D eigenvalue weighted by atomic mass is 9.82. The Morgan fingerprint density at radius 1 is 1.17 bits per heavy atom. The number of likely N-dealkylation sites (tertiary alicyclic amines) is 1. The average Bonchev–Trinajstić information content (AvgIpc) is 2.53. The molecule has 2 rings (SSSR count). The number of ether oxygens (including phenoxy) is 1. The van der Waals surface area contributed by atoms with Crippen molar-refractivity contribution < 1.29 is 14.6 Å². The Labute approximate surface area is 144 Å². The predicted octanol–water partition coefficient (Wildman–Crippen LogP) is 3.44. The van der Waals surface area contributed by atoms with Gasteiger partial charge in [0.25, 0.3) is 0 Å². The molecule has 0 aromatic heterocycles. The number of amides is 1. The minimum atomic E-state index is -1.06. The summed E-state index contributed by atoms with van der Waals surface area (Å²) in [5.41, 5.74) is -0.653. The van der Waals surface area contributed by atoms with Crippen LogP contribution in [0.4, 0.5) is 4.79 Å². The van der Waals surface area contributed by atoms with Crippen molar-refractivity contribution in [3.8, 4) is 11.8 Å². The molecule has 1 aromatic rings. The van der Waals surface area contributed by atoms with Crippen molar-refractivity contribution in [2.45, 2.75) is 51.7 Å². The zero-order valence-electron chi connectivity index (χ0n) is 15.0. The summed E-state index contributed by atoms with van der Waals surface area (Å²) in [5, 5.41) is 10.7. The summed E-state index contributed by atoms with van der Waals surface area (Å²) in [6.45, 7) is 8.52. The molecule has 130 valence electrons. The van der Waals surface area contributed by atoms with Gasteiger partial charge in [0, 0.05) is 24.6 Å². The van der Waals surface area contributed by atoms with Gasteiger partial charge in [-0.15, -0.1) is 0 Å². The molecule has 0 radical (unpaired) electrons. The monoisotopic (exact) mass is 329 g/mol. The molecule has 1 aromatic carbocycles. The van der Waals surface area contributed by atoms with Crippen LogP contribution in [0.2, 0.25) is 0 Å². The number of hydrogen-bond donors (Lipinski definition) is 1. The Kier molecular flexibility index (Phi) is 5.56. The lowest BCUT2D eigenvalue weighted by Crippen LogP contribution is -2.46. The minimum absolute atomic E-state index is 0.0485. The van der Waals surface area contributed by atoms with E-state index in [9.17, 15) is 9.90 Å². The summed E-state index contributed by atoms with van der Waals surface area (Å²) in [4.78, 5) is 13.8. The summed E-state index contributed by atoms with van der Waals surface area (Å²) in [5.74, 6) is 6.09. The standard InChI is InChI=1S/C20H27NO3/c1-19(2,3)24-18(22)21-14-11-17(12-15-21)20(4,23)13-10-16-8-6-5-7-9-16/h5-9,17,23H,11-12,14-15H2,1-4H3. The van der Waals surface area contributed by atoms with Gasteiger partial charge < -0.3 is 14.7 Å². The van der Waals surface area contributed by atoms with E-state index in [4.69, 9.17) is 4.74 Å². The highest BCUT2D eigenvalue weighted by Crippen LogP contribution is 2.28. The van der Waals surface area contributed by atoms with E-state index in [0.717, 1.165) is 18.4 Å². The van der Waals surface area contributed by atoms with Gasteiger partial charge in [0.1, 0.15) is 11.2 Å². The van der Waals surface area contributed by atoms with Crippen molar-refractivity contribution in [1.29, 1.82) is 0 Å². The molecule has 1 aliphatic rings. The van der Waals surface area contributed by atoms with E-state index in [-0.39, 0.29) is 12.0 Å². The van der Waals surface area contributed by atoms with E-state index in [0.29, 0.717) is 13.1 Å². The number of benzene rings is 1. The van der Waals surface area contributed by atoms with Crippen molar-refractivity contribution in [2.75, 3.05) is 13.1 Å². The number of hydrogen-bond acceptors (Lipinski definition) is 3. The van der Waals surface area contributed by atoms with Crippen LogP contribution >= 0.6 is 0 Å². The van der Waals surface area contributed by atoms with Gasteiger partial charge in [-0.1, -0.05) is 30.0 Å². The highest BCUT2D eigenvalue weighted by Gasteiger charge is 2.35. The molecule has 1 saturated heterocycles. The van der Waals surface area contributed by atoms with Gasteiger partial charge >= 0.3 is 6.09 Å². The Balaban J connectivity index is 1.93. The molecule has 1 unspecified atom stereocenters. The third-order valence-corrected chi connectivity index (χ3v) is 4.18. The molecular formula is C20H27NO3. The Bertz CT molecular complexity index is 612. The minimum Gasteiger partial charge on any atom is -0.444 e. The summed E-state index contributed by atoms with van der Waals surface area (Å²) >= 11 is 0. The third kappa shape index (κ3) is 5.28. The van der Waals surface area contributed by atoms with Crippen LogP contribution in [0.15, 0.2) is 30.3 Å². The van der Waals surface area contributed by atoms with Crippen LogP contribution in [0.1, 0.15) is 46.1 Å². The van der Waals surface area contributed by atoms with Gasteiger partial charge in [0.2, 0.25) is 0 Å². The van der Waals surface area contributed by atoms with Gasteiger partial charge in [-0.3, -0.25) is 0 Å². The average molecular weight is 329 g/mol. The molecule has 1 atom stereocenters. The number of nitrogens with zero attached hydrogens (tertiary/aromatic N) is 1. The summed E-state index contributed by atoms with van der Waals surface area (Å²) in [7, 11) is 0. The van der Waals surface area contributed by atoms with Crippen molar-refractivity contribution in [1.82, 2.24) is 4.90 Å². The van der Waals surface area contributed by atoms with Crippen LogP contribution in [0, 0.1) is 17.8 Å². The first kappa shape index (κ1) is 18.4. The molecule has 0 saturated carbocycles. The molecule has 1 fully saturated rings. The Morgan fingerprint density at radius 2 is 1.75 bits per heavy atom. The molecule has 0 bridgehead atoms. The fourth-order valence-corrected chi connectivity index (χ4v) is 2.77. The molecule has 4 heteroatoms. The first-order valence-corrected chi connectivity index (χ1v) is 8.46. The van der Waals surface area contributed by atoms with Gasteiger partial charge in [-0.2, -0.15) is 0 Å². The Morgan fingerprint density at radius 3 is 2.29 bits per heavy atom. The maximum absolute atomic E-state index is 12.1. The third-order valence-electron chi connectivity index (χ3n) is 4.18. The second kappa shape index (κ2) is 7.27. The maximum Gasteiger partial charge on any atom is 0.410 e. The van der Waals surface area contributed by atoms with Gasteiger partial charge in [0.05, 0.1) is 0 Å². The van der Waals surface area contributed by atoms with Gasteiger partial charge in [-0.25, -0.2) is 4.79 Å². The van der Waals surface area contributed by atoms with Crippen LogP contribution in [0.25, 0.3) is 0 Å². The number of piperidine rings is 1. The molecule has 4 nitrogen and oxygen atoms in total. The zero-order chi connectivity index (χ0) is 17.8. The van der Waals surface area contributed by atoms with Crippen molar-refractivity contribution >= 4 is 6.09 Å². The molecule has 1 amide bonds. The van der Waals surface area contributed by atoms with Crippen LogP contribution in [-0.4, -0.2) is 40.4 Å². The van der Waals surface area contributed by atoms with E-state index >= 15 is 0 Å². The molecule has 1 heterocycles. The van der Waals surface area contributed by atoms with Crippen LogP contribution in [-0.2, 0) is 4.74 Å². The molecule has 0 spiro atoms. The first-order valence-electron chi connectivity index (χ1n) is 8.46. The topological polar surface area (TPSA) is 49.8 Å². The maximum atomic E-state index is 12.1. The van der Waals surface area contributed by atoms with E-state index in [1.807, 2.05) is 51.1 Å². The Hall–Kier alpha value is -1.99. The predicted molar refractivity (Wildman–Crippen MR) is 94.5 cm³/mol. The molecular weight excluding hydrogens is 302 g/mol. The molecule has 0 aliphatic carbocycles. The van der Waals surface area contributed by atoms with Crippen LogP contribution < -0.4 is 0 Å². The number of aliphatic hydroxyl groups is 1. The number of carbonyl (C=O) groups is 1. The van der Waals surface area contributed by atoms with Crippen molar-refractivity contribution in [3.63, 3.8) is 0 Å². The molecule has 1 aliphatic heterocycles. The number of carbonyl (C=O) groups excluding carboxylic acids is 1. The van der Waals surface area contributed by atoms with E-state index < -0.39 is 11.2 Å². The van der Waals surface area contributed by atoms with E-state index in [1.54, 1.807) is 11.8 Å². The lowest BCUT2D eigenvalue weighted by Gasteiger charge is -2.37. The quantitative estimate of drug-likeness (QED) is 0.803. The fraction of sp³-hybridized carbons (Fsp3) is 0.550. The first-order chi connectivity index (χ1) is 11.2. The normalized spacial score (nSPS) is 18.3. The van der Waals surface area contributed by atoms with E-state index in [2.05, 4.69) is 11.8 Å². The van der Waals surface area contributed by atoms with Gasteiger partial charge in [-0.05, 0) is 52.7 Å². The van der Waals surface area contributed by atoms with Crippen molar-refractivity contribution in [2.24, 2.45) is 5.92 Å². The summed E-state index contributed by atoms with van der Waals surface area (Å²) in [6, 6.07) is 9.65. The van der Waals surface area contributed by atoms with E-state index in [1.165, 1.54) is 0 Å². The SMILES string of the molecule is CC(C)(C)OC(=O)N1CCC(C(C)(O)C#Cc2ccccc2)CC1. The number of rotatable bonds is 1.